The fourth-order valence-electron chi connectivity index (χ4n) is 3.24. The predicted molar refractivity (Wildman–Crippen MR) is 148 cm³/mol. The molecule has 0 saturated carbocycles. The van der Waals surface area contributed by atoms with E-state index in [1.54, 1.807) is 78.9 Å². The Hall–Kier alpha value is -3.65. The first kappa shape index (κ1) is 26.4. The number of hydrogen-bond donors (Lipinski definition) is 1. The molecule has 0 fully saturated rings. The van der Waals surface area contributed by atoms with E-state index in [0.717, 1.165) is 10.0 Å². The van der Waals surface area contributed by atoms with E-state index in [4.69, 9.17) is 32.7 Å². The maximum atomic E-state index is 12.8. The smallest absolute Gasteiger partial charge is 0.345 e. The summed E-state index contributed by atoms with van der Waals surface area (Å²) in [4.78, 5) is 25.4. The van der Waals surface area contributed by atoms with Crippen molar-refractivity contribution in [1.29, 1.82) is 0 Å². The van der Waals surface area contributed by atoms with Crippen molar-refractivity contribution in [3.63, 3.8) is 0 Å². The predicted octanol–water partition coefficient (Wildman–Crippen LogP) is 7.32. The zero-order valence-corrected chi connectivity index (χ0v) is 22.3. The van der Waals surface area contributed by atoms with Crippen LogP contribution in [0.5, 0.6) is 11.5 Å². The third-order valence-electron chi connectivity index (χ3n) is 5.08. The third kappa shape index (κ3) is 7.20. The van der Waals surface area contributed by atoms with Crippen molar-refractivity contribution < 1.29 is 19.1 Å². The van der Waals surface area contributed by atoms with Crippen LogP contribution in [0.15, 0.2) is 101 Å². The molecule has 4 rings (SSSR count). The second-order valence-electron chi connectivity index (χ2n) is 7.66. The molecule has 4 aromatic carbocycles. The van der Waals surface area contributed by atoms with E-state index < -0.39 is 11.9 Å². The molecule has 0 spiro atoms. The molecule has 0 aliphatic carbocycles. The van der Waals surface area contributed by atoms with Crippen LogP contribution in [0.4, 0.5) is 0 Å². The van der Waals surface area contributed by atoms with Crippen LogP contribution in [0.3, 0.4) is 0 Å². The quantitative estimate of drug-likeness (QED) is 0.0999. The summed E-state index contributed by atoms with van der Waals surface area (Å²) in [6.45, 7) is 0.267. The highest BCUT2D eigenvalue weighted by molar-refractivity contribution is 9.10. The second-order valence-corrected chi connectivity index (χ2v) is 9.42. The number of para-hydroxylation sites is 1. The fourth-order valence-corrected chi connectivity index (χ4v) is 3.95. The summed E-state index contributed by atoms with van der Waals surface area (Å²) < 4.78 is 12.1. The third-order valence-corrected chi connectivity index (χ3v) is 6.15. The van der Waals surface area contributed by atoms with Gasteiger partial charge in [-0.2, -0.15) is 5.10 Å². The van der Waals surface area contributed by atoms with Gasteiger partial charge in [-0.25, -0.2) is 10.2 Å². The molecule has 0 aromatic heterocycles. The molecule has 0 bridgehead atoms. The van der Waals surface area contributed by atoms with Crippen LogP contribution >= 0.6 is 39.1 Å². The molecule has 0 aliphatic heterocycles. The van der Waals surface area contributed by atoms with Gasteiger partial charge in [-0.15, -0.1) is 0 Å². The minimum Gasteiger partial charge on any atom is -0.488 e. The van der Waals surface area contributed by atoms with E-state index in [2.05, 4.69) is 26.5 Å². The molecular formula is C28H19BrCl2N2O4. The Balaban J connectivity index is 1.45. The number of nitrogens with one attached hydrogen (secondary N) is 1. The van der Waals surface area contributed by atoms with E-state index in [1.165, 1.54) is 6.21 Å². The Morgan fingerprint density at radius 3 is 2.32 bits per heavy atom. The average Bonchev–Trinajstić information content (AvgIpc) is 2.90. The summed E-state index contributed by atoms with van der Waals surface area (Å²) in [6.07, 6.45) is 1.38. The Kier molecular flexibility index (Phi) is 8.95. The molecular weight excluding hydrogens is 579 g/mol. The van der Waals surface area contributed by atoms with Gasteiger partial charge < -0.3 is 9.47 Å². The Bertz CT molecular complexity index is 1460. The number of carbonyl (C=O) groups excluding carboxylic acids is 2. The van der Waals surface area contributed by atoms with Gasteiger partial charge in [0.2, 0.25) is 0 Å². The number of ether oxygens (including phenoxy) is 2. The van der Waals surface area contributed by atoms with Crippen molar-refractivity contribution in [2.75, 3.05) is 0 Å². The van der Waals surface area contributed by atoms with Gasteiger partial charge in [0.25, 0.3) is 5.91 Å². The van der Waals surface area contributed by atoms with E-state index >= 15 is 0 Å². The molecule has 37 heavy (non-hydrogen) atoms. The first-order valence-corrected chi connectivity index (χ1v) is 12.5. The van der Waals surface area contributed by atoms with Gasteiger partial charge in [0.15, 0.2) is 0 Å². The van der Waals surface area contributed by atoms with Crippen LogP contribution in [-0.2, 0) is 6.61 Å². The van der Waals surface area contributed by atoms with Crippen LogP contribution in [0.1, 0.15) is 31.8 Å². The largest absolute Gasteiger partial charge is 0.488 e. The molecule has 1 N–H and O–H groups in total. The lowest BCUT2D eigenvalue weighted by molar-refractivity contribution is 0.0734. The number of amides is 1. The van der Waals surface area contributed by atoms with Crippen LogP contribution in [0.25, 0.3) is 0 Å². The highest BCUT2D eigenvalue weighted by Gasteiger charge is 2.15. The van der Waals surface area contributed by atoms with Crippen LogP contribution in [0, 0.1) is 0 Å². The van der Waals surface area contributed by atoms with Crippen LogP contribution < -0.4 is 14.9 Å². The van der Waals surface area contributed by atoms with Crippen LogP contribution in [0.2, 0.25) is 10.0 Å². The van der Waals surface area contributed by atoms with Crippen molar-refractivity contribution in [1.82, 2.24) is 5.43 Å². The summed E-state index contributed by atoms with van der Waals surface area (Å²) in [6, 6.07) is 25.7. The standard InChI is InChI=1S/C28H19BrCl2N2O4/c29-20-11-14-25(37-28(35)22-5-1-3-7-24(22)31)19(15-20)16-32-33-27(34)23-6-2-4-8-26(23)36-17-18-9-12-21(30)13-10-18/h1-16H,17H2,(H,33,34). The van der Waals surface area contributed by atoms with Gasteiger partial charge in [-0.05, 0) is 60.2 Å². The number of carbonyl (C=O) groups is 2. The van der Waals surface area contributed by atoms with E-state index in [9.17, 15) is 9.59 Å². The van der Waals surface area contributed by atoms with Crippen molar-refractivity contribution in [3.05, 3.63) is 128 Å². The topological polar surface area (TPSA) is 77.0 Å². The Morgan fingerprint density at radius 1 is 0.865 bits per heavy atom. The molecule has 0 unspecified atom stereocenters. The number of rotatable bonds is 8. The normalized spacial score (nSPS) is 10.8. The van der Waals surface area contributed by atoms with Gasteiger partial charge in [-0.3, -0.25) is 4.79 Å². The lowest BCUT2D eigenvalue weighted by atomic mass is 10.2. The summed E-state index contributed by atoms with van der Waals surface area (Å²) in [5, 5.41) is 4.97. The number of esters is 1. The molecule has 9 heteroatoms. The van der Waals surface area contributed by atoms with Crippen molar-refractivity contribution in [2.45, 2.75) is 6.61 Å². The number of nitrogens with zero attached hydrogens (tertiary/aromatic N) is 1. The highest BCUT2D eigenvalue weighted by atomic mass is 79.9. The number of hydrogen-bond acceptors (Lipinski definition) is 5. The SMILES string of the molecule is O=C(Oc1ccc(Br)cc1C=NNC(=O)c1ccccc1OCc1ccc(Cl)cc1)c1ccccc1Cl. The average molecular weight is 598 g/mol. The first-order valence-electron chi connectivity index (χ1n) is 11.0. The van der Waals surface area contributed by atoms with Crippen molar-refractivity contribution in [3.8, 4) is 11.5 Å². The van der Waals surface area contributed by atoms with Gasteiger partial charge in [0.1, 0.15) is 18.1 Å². The van der Waals surface area contributed by atoms with Gasteiger partial charge in [0, 0.05) is 15.1 Å². The lowest BCUT2D eigenvalue weighted by Crippen LogP contribution is -2.19. The first-order chi connectivity index (χ1) is 17.9. The van der Waals surface area contributed by atoms with E-state index in [-0.39, 0.29) is 22.9 Å². The molecule has 186 valence electrons. The van der Waals surface area contributed by atoms with Gasteiger partial charge >= 0.3 is 5.97 Å². The van der Waals surface area contributed by atoms with E-state index in [1.807, 2.05) is 12.1 Å². The lowest BCUT2D eigenvalue weighted by Gasteiger charge is -2.11. The molecule has 0 aliphatic rings. The summed E-state index contributed by atoms with van der Waals surface area (Å²) >= 11 is 15.4. The molecule has 0 heterocycles. The number of benzene rings is 4. The molecule has 6 nitrogen and oxygen atoms in total. The summed E-state index contributed by atoms with van der Waals surface area (Å²) in [5.41, 5.74) is 4.41. The Labute approximate surface area is 232 Å². The minimum atomic E-state index is -0.613. The second kappa shape index (κ2) is 12.5. The summed E-state index contributed by atoms with van der Waals surface area (Å²) in [7, 11) is 0. The van der Waals surface area contributed by atoms with Gasteiger partial charge in [0.05, 0.1) is 22.4 Å². The fraction of sp³-hybridized carbons (Fsp3) is 0.0357. The van der Waals surface area contributed by atoms with Gasteiger partial charge in [-0.1, -0.05) is 75.5 Å². The zero-order valence-electron chi connectivity index (χ0n) is 19.2. The molecule has 0 atom stereocenters. The number of hydrazone groups is 1. The maximum absolute atomic E-state index is 12.8. The number of halogens is 3. The molecule has 0 saturated heterocycles. The van der Waals surface area contributed by atoms with Crippen molar-refractivity contribution >= 4 is 57.2 Å². The molecule has 1 amide bonds. The monoisotopic (exact) mass is 596 g/mol. The van der Waals surface area contributed by atoms with Crippen molar-refractivity contribution in [2.24, 2.45) is 5.10 Å². The molecule has 4 aromatic rings. The summed E-state index contributed by atoms with van der Waals surface area (Å²) in [5.74, 6) is -0.425. The minimum absolute atomic E-state index is 0.235. The van der Waals surface area contributed by atoms with E-state index in [0.29, 0.717) is 21.9 Å². The van der Waals surface area contributed by atoms with Crippen LogP contribution in [-0.4, -0.2) is 18.1 Å². The Morgan fingerprint density at radius 2 is 1.57 bits per heavy atom. The molecule has 0 radical (unpaired) electrons. The maximum Gasteiger partial charge on any atom is 0.345 e. The zero-order chi connectivity index (χ0) is 26.2. The highest BCUT2D eigenvalue weighted by Crippen LogP contribution is 2.25.